The molecule has 10 heavy (non-hydrogen) atoms. The van der Waals surface area contributed by atoms with Crippen LogP contribution in [0.4, 0.5) is 13.2 Å². The number of primary amides is 1. The summed E-state index contributed by atoms with van der Waals surface area (Å²) in [4.78, 5) is 9.99. The Morgan fingerprint density at radius 1 is 1.70 bits per heavy atom. The van der Waals surface area contributed by atoms with E-state index in [1.165, 1.54) is 0 Å². The molecule has 0 aromatic heterocycles. The fraction of sp³-hybridized carbons (Fsp3) is 0.400. The molecular weight excluding hydrogens is 147 g/mol. The fourth-order valence-corrected chi connectivity index (χ4v) is 0.297. The molecule has 5 heteroatoms. The molecule has 0 aliphatic carbocycles. The molecule has 1 atom stereocenters. The molecule has 0 spiro atoms. The highest BCUT2D eigenvalue weighted by Gasteiger charge is 2.43. The van der Waals surface area contributed by atoms with Crippen molar-refractivity contribution in [2.45, 2.75) is 12.1 Å². The first kappa shape index (κ1) is 9.00. The molecular formula is C5H6F3NO. The van der Waals surface area contributed by atoms with Gasteiger partial charge in [-0.3, -0.25) is 4.79 Å². The SMILES string of the molecule is C=CC(F)(C(N)=O)C(F)F. The second-order valence-electron chi connectivity index (χ2n) is 1.64. The van der Waals surface area contributed by atoms with Gasteiger partial charge in [-0.2, -0.15) is 0 Å². The highest BCUT2D eigenvalue weighted by Crippen LogP contribution is 2.21. The number of carbonyl (C=O) groups is 1. The van der Waals surface area contributed by atoms with Crippen LogP contribution in [0.5, 0.6) is 0 Å². The number of amides is 1. The highest BCUT2D eigenvalue weighted by molar-refractivity contribution is 5.86. The van der Waals surface area contributed by atoms with Gasteiger partial charge < -0.3 is 5.73 Å². The molecule has 1 unspecified atom stereocenters. The van der Waals surface area contributed by atoms with E-state index in [-0.39, 0.29) is 6.08 Å². The quantitative estimate of drug-likeness (QED) is 0.593. The largest absolute Gasteiger partial charge is 0.366 e. The Kier molecular flexibility index (Phi) is 2.45. The first-order valence-electron chi connectivity index (χ1n) is 2.35. The van der Waals surface area contributed by atoms with Gasteiger partial charge in [0.05, 0.1) is 0 Å². The van der Waals surface area contributed by atoms with E-state index in [9.17, 15) is 18.0 Å². The summed E-state index contributed by atoms with van der Waals surface area (Å²) in [6.45, 7) is 2.72. The summed E-state index contributed by atoms with van der Waals surface area (Å²) in [5.41, 5.74) is 0.928. The van der Waals surface area contributed by atoms with Crippen LogP contribution in [-0.2, 0) is 4.79 Å². The van der Waals surface area contributed by atoms with Crippen LogP contribution in [0.15, 0.2) is 12.7 Å². The first-order valence-corrected chi connectivity index (χ1v) is 2.35. The zero-order valence-electron chi connectivity index (χ0n) is 4.98. The highest BCUT2D eigenvalue weighted by atomic mass is 19.3. The fourth-order valence-electron chi connectivity index (χ4n) is 0.297. The van der Waals surface area contributed by atoms with Crippen LogP contribution in [0.3, 0.4) is 0 Å². The summed E-state index contributed by atoms with van der Waals surface area (Å²) in [7, 11) is 0. The number of carbonyl (C=O) groups excluding carboxylic acids is 1. The number of hydrogen-bond acceptors (Lipinski definition) is 1. The molecule has 0 rings (SSSR count). The van der Waals surface area contributed by atoms with Crippen molar-refractivity contribution in [2.75, 3.05) is 0 Å². The maximum Gasteiger partial charge on any atom is 0.284 e. The molecule has 0 saturated carbocycles. The van der Waals surface area contributed by atoms with Gasteiger partial charge in [-0.25, -0.2) is 13.2 Å². The van der Waals surface area contributed by atoms with Crippen LogP contribution < -0.4 is 5.73 Å². The van der Waals surface area contributed by atoms with Crippen LogP contribution >= 0.6 is 0 Å². The molecule has 0 aliphatic heterocycles. The van der Waals surface area contributed by atoms with Crippen molar-refractivity contribution in [1.82, 2.24) is 0 Å². The molecule has 0 aromatic carbocycles. The lowest BCUT2D eigenvalue weighted by molar-refractivity contribution is -0.135. The maximum atomic E-state index is 12.4. The summed E-state index contributed by atoms with van der Waals surface area (Å²) in [5, 5.41) is 0. The van der Waals surface area contributed by atoms with Gasteiger partial charge >= 0.3 is 0 Å². The minimum atomic E-state index is -3.46. The Morgan fingerprint density at radius 2 is 2.10 bits per heavy atom. The molecule has 1 amide bonds. The molecule has 0 saturated heterocycles. The number of hydrogen-bond donors (Lipinski definition) is 1. The number of rotatable bonds is 3. The normalized spacial score (nSPS) is 16.4. The van der Waals surface area contributed by atoms with Gasteiger partial charge in [0.1, 0.15) is 0 Å². The molecule has 0 radical (unpaired) electrons. The van der Waals surface area contributed by atoms with Crippen LogP contribution in [0.1, 0.15) is 0 Å². The van der Waals surface area contributed by atoms with Crippen molar-refractivity contribution in [3.8, 4) is 0 Å². The van der Waals surface area contributed by atoms with Crippen LogP contribution in [0.2, 0.25) is 0 Å². The van der Waals surface area contributed by atoms with E-state index >= 15 is 0 Å². The second kappa shape index (κ2) is 2.72. The van der Waals surface area contributed by atoms with Gasteiger partial charge in [0.25, 0.3) is 18.0 Å². The number of halogens is 3. The summed E-state index contributed by atoms with van der Waals surface area (Å²) < 4.78 is 35.6. The zero-order valence-corrected chi connectivity index (χ0v) is 4.98. The topological polar surface area (TPSA) is 43.1 Å². The van der Waals surface area contributed by atoms with Crippen molar-refractivity contribution in [2.24, 2.45) is 5.73 Å². The summed E-state index contributed by atoms with van der Waals surface area (Å²) in [6.07, 6.45) is -3.26. The number of alkyl halides is 3. The zero-order chi connectivity index (χ0) is 8.36. The second-order valence-corrected chi connectivity index (χ2v) is 1.64. The number of nitrogens with two attached hydrogens (primary N) is 1. The van der Waals surface area contributed by atoms with Gasteiger partial charge in [0.15, 0.2) is 0 Å². The van der Waals surface area contributed by atoms with Gasteiger partial charge in [-0.1, -0.05) is 6.58 Å². The summed E-state index contributed by atoms with van der Waals surface area (Å²) in [5.74, 6) is -1.72. The molecule has 2 N–H and O–H groups in total. The van der Waals surface area contributed by atoms with Crippen molar-refractivity contribution < 1.29 is 18.0 Å². The summed E-state index contributed by atoms with van der Waals surface area (Å²) in [6, 6.07) is 0. The molecule has 0 aromatic rings. The van der Waals surface area contributed by atoms with Crippen LogP contribution in [-0.4, -0.2) is 18.0 Å². The Morgan fingerprint density at radius 3 is 2.10 bits per heavy atom. The lowest BCUT2D eigenvalue weighted by Gasteiger charge is -2.14. The van der Waals surface area contributed by atoms with Gasteiger partial charge in [0.2, 0.25) is 0 Å². The van der Waals surface area contributed by atoms with Crippen molar-refractivity contribution in [3.63, 3.8) is 0 Å². The van der Waals surface area contributed by atoms with Gasteiger partial charge in [-0.05, 0) is 6.08 Å². The summed E-state index contributed by atoms with van der Waals surface area (Å²) >= 11 is 0. The minimum Gasteiger partial charge on any atom is -0.366 e. The lowest BCUT2D eigenvalue weighted by Crippen LogP contribution is -2.43. The molecule has 0 fully saturated rings. The first-order chi connectivity index (χ1) is 4.45. The average Bonchev–Trinajstić information content (AvgIpc) is 1.85. The Hall–Kier alpha value is -1.00. The van der Waals surface area contributed by atoms with E-state index in [2.05, 4.69) is 12.3 Å². The van der Waals surface area contributed by atoms with E-state index in [0.717, 1.165) is 0 Å². The van der Waals surface area contributed by atoms with Gasteiger partial charge in [-0.15, -0.1) is 0 Å². The van der Waals surface area contributed by atoms with Crippen LogP contribution in [0.25, 0.3) is 0 Å². The predicted octanol–water partition coefficient (Wildman–Crippen LogP) is 0.631. The third kappa shape index (κ3) is 1.29. The predicted molar refractivity (Wildman–Crippen MR) is 29.2 cm³/mol. The Bertz CT molecular complexity index is 159. The minimum absolute atomic E-state index is 0.194. The third-order valence-corrected chi connectivity index (χ3v) is 0.992. The molecule has 2 nitrogen and oxygen atoms in total. The van der Waals surface area contributed by atoms with Crippen molar-refractivity contribution in [3.05, 3.63) is 12.7 Å². The smallest absolute Gasteiger partial charge is 0.284 e. The third-order valence-electron chi connectivity index (χ3n) is 0.992. The average molecular weight is 153 g/mol. The van der Waals surface area contributed by atoms with E-state index in [4.69, 9.17) is 0 Å². The van der Waals surface area contributed by atoms with E-state index in [1.807, 2.05) is 0 Å². The molecule has 0 aliphatic rings. The maximum absolute atomic E-state index is 12.4. The standard InChI is InChI=1S/C5H6F3NO/c1-2-5(8,3(6)7)4(9)10/h2-3H,1H2,(H2,9,10). The Balaban J connectivity index is 4.54. The monoisotopic (exact) mass is 153 g/mol. The van der Waals surface area contributed by atoms with Gasteiger partial charge in [0, 0.05) is 0 Å². The van der Waals surface area contributed by atoms with E-state index in [1.54, 1.807) is 0 Å². The van der Waals surface area contributed by atoms with E-state index < -0.39 is 18.0 Å². The van der Waals surface area contributed by atoms with Crippen molar-refractivity contribution in [1.29, 1.82) is 0 Å². The van der Waals surface area contributed by atoms with E-state index in [0.29, 0.717) is 0 Å². The van der Waals surface area contributed by atoms with Crippen molar-refractivity contribution >= 4 is 5.91 Å². The molecule has 58 valence electrons. The lowest BCUT2D eigenvalue weighted by atomic mass is 10.1. The Labute approximate surface area is 55.5 Å². The van der Waals surface area contributed by atoms with Crippen LogP contribution in [0, 0.1) is 0 Å². The molecule has 0 heterocycles. The molecule has 0 bridgehead atoms.